The van der Waals surface area contributed by atoms with E-state index in [-0.39, 0.29) is 6.04 Å². The van der Waals surface area contributed by atoms with Crippen molar-refractivity contribution in [2.45, 2.75) is 19.4 Å². The van der Waals surface area contributed by atoms with E-state index >= 15 is 0 Å². The maximum absolute atomic E-state index is 5.82. The molecule has 0 spiro atoms. The van der Waals surface area contributed by atoms with Crippen LogP contribution in [0.3, 0.4) is 0 Å². The van der Waals surface area contributed by atoms with Gasteiger partial charge in [-0.15, -0.1) is 0 Å². The van der Waals surface area contributed by atoms with Gasteiger partial charge in [-0.25, -0.2) is 0 Å². The summed E-state index contributed by atoms with van der Waals surface area (Å²) in [4.78, 5) is 2.15. The summed E-state index contributed by atoms with van der Waals surface area (Å²) >= 11 is 3.51. The van der Waals surface area contributed by atoms with Crippen LogP contribution in [-0.2, 0) is 0 Å². The van der Waals surface area contributed by atoms with Gasteiger partial charge < -0.3 is 15.4 Å². The van der Waals surface area contributed by atoms with Crippen molar-refractivity contribution in [2.24, 2.45) is 5.73 Å². The van der Waals surface area contributed by atoms with Gasteiger partial charge in [-0.05, 0) is 61.1 Å². The molecule has 4 heteroatoms. The summed E-state index contributed by atoms with van der Waals surface area (Å²) in [5, 5.41) is 0. The molecule has 96 valence electrons. The van der Waals surface area contributed by atoms with E-state index < -0.39 is 0 Å². The first-order valence-corrected chi connectivity index (χ1v) is 6.62. The highest BCUT2D eigenvalue weighted by Crippen LogP contribution is 2.27. The van der Waals surface area contributed by atoms with Crippen molar-refractivity contribution in [3.05, 3.63) is 28.2 Å². The Balaban J connectivity index is 2.49. The van der Waals surface area contributed by atoms with Gasteiger partial charge in [0.25, 0.3) is 0 Å². The molecule has 0 radical (unpaired) electrons. The first-order chi connectivity index (χ1) is 8.00. The molecule has 0 saturated heterocycles. The molecule has 0 amide bonds. The van der Waals surface area contributed by atoms with Gasteiger partial charge in [0, 0.05) is 12.6 Å². The minimum absolute atomic E-state index is 0.0501. The maximum atomic E-state index is 5.82. The van der Waals surface area contributed by atoms with E-state index in [1.165, 1.54) is 0 Å². The summed E-state index contributed by atoms with van der Waals surface area (Å²) < 4.78 is 6.68. The molecule has 1 aromatic carbocycles. The molecular weight excluding hydrogens is 280 g/mol. The lowest BCUT2D eigenvalue weighted by Gasteiger charge is -2.13. The third kappa shape index (κ3) is 5.06. The third-order valence-corrected chi connectivity index (χ3v) is 3.11. The molecule has 1 aromatic rings. The molecule has 0 aliphatic heterocycles. The maximum Gasteiger partial charge on any atom is 0.133 e. The van der Waals surface area contributed by atoms with Crippen LogP contribution in [0.1, 0.15) is 24.9 Å². The molecule has 0 aromatic heterocycles. The second kappa shape index (κ2) is 6.99. The van der Waals surface area contributed by atoms with Crippen molar-refractivity contribution < 1.29 is 4.74 Å². The summed E-state index contributed by atoms with van der Waals surface area (Å²) in [6, 6.07) is 6.05. The van der Waals surface area contributed by atoms with Gasteiger partial charge in [-0.3, -0.25) is 0 Å². The average molecular weight is 301 g/mol. The smallest absolute Gasteiger partial charge is 0.133 e. The highest BCUT2D eigenvalue weighted by Gasteiger charge is 2.05. The minimum atomic E-state index is 0.0501. The van der Waals surface area contributed by atoms with Crippen LogP contribution in [0.15, 0.2) is 22.7 Å². The number of halogens is 1. The Morgan fingerprint density at radius 1 is 1.41 bits per heavy atom. The van der Waals surface area contributed by atoms with Crippen molar-refractivity contribution in [2.75, 3.05) is 27.2 Å². The molecule has 2 N–H and O–H groups in total. The Morgan fingerprint density at radius 3 is 2.65 bits per heavy atom. The Labute approximate surface area is 112 Å². The average Bonchev–Trinajstić information content (AvgIpc) is 2.25. The number of ether oxygens (including phenoxy) is 1. The van der Waals surface area contributed by atoms with Gasteiger partial charge in [-0.2, -0.15) is 0 Å². The summed E-state index contributed by atoms with van der Waals surface area (Å²) in [5.74, 6) is 0.883. The Kier molecular flexibility index (Phi) is 5.95. The zero-order valence-corrected chi connectivity index (χ0v) is 12.3. The molecule has 1 unspecified atom stereocenters. The normalized spacial score (nSPS) is 12.8. The van der Waals surface area contributed by atoms with Crippen molar-refractivity contribution in [1.82, 2.24) is 4.90 Å². The molecule has 0 bridgehead atoms. The van der Waals surface area contributed by atoms with Gasteiger partial charge in [0.15, 0.2) is 0 Å². The van der Waals surface area contributed by atoms with Crippen LogP contribution in [0.25, 0.3) is 0 Å². The summed E-state index contributed by atoms with van der Waals surface area (Å²) in [5.41, 5.74) is 6.93. The van der Waals surface area contributed by atoms with Crippen LogP contribution >= 0.6 is 15.9 Å². The number of benzene rings is 1. The molecular formula is C13H21BrN2O. The fourth-order valence-electron chi connectivity index (χ4n) is 1.48. The Morgan fingerprint density at radius 2 is 2.12 bits per heavy atom. The van der Waals surface area contributed by atoms with E-state index in [0.717, 1.165) is 35.4 Å². The number of hydrogen-bond acceptors (Lipinski definition) is 3. The Bertz CT molecular complexity index is 353. The molecule has 0 aliphatic rings. The van der Waals surface area contributed by atoms with Crippen molar-refractivity contribution in [3.63, 3.8) is 0 Å². The number of hydrogen-bond donors (Lipinski definition) is 1. The SMILES string of the molecule is CC(N)c1ccc(OCCCN(C)C)c(Br)c1. The van der Waals surface area contributed by atoms with Crippen molar-refractivity contribution in [1.29, 1.82) is 0 Å². The first-order valence-electron chi connectivity index (χ1n) is 5.83. The van der Waals surface area contributed by atoms with E-state index in [2.05, 4.69) is 34.9 Å². The minimum Gasteiger partial charge on any atom is -0.492 e. The standard InChI is InChI=1S/C13H21BrN2O/c1-10(15)11-5-6-13(12(14)9-11)17-8-4-7-16(2)3/h5-6,9-10H,4,7-8,15H2,1-3H3. The van der Waals surface area contributed by atoms with E-state index in [9.17, 15) is 0 Å². The fraction of sp³-hybridized carbons (Fsp3) is 0.538. The molecule has 0 saturated carbocycles. The van der Waals surface area contributed by atoms with E-state index in [1.54, 1.807) is 0 Å². The second-order valence-electron chi connectivity index (χ2n) is 4.48. The predicted molar refractivity (Wildman–Crippen MR) is 75.4 cm³/mol. The molecule has 0 fully saturated rings. The van der Waals surface area contributed by atoms with Gasteiger partial charge in [0.2, 0.25) is 0 Å². The number of nitrogens with zero attached hydrogens (tertiary/aromatic N) is 1. The van der Waals surface area contributed by atoms with Gasteiger partial charge in [0.1, 0.15) is 5.75 Å². The van der Waals surface area contributed by atoms with Crippen LogP contribution in [0.4, 0.5) is 0 Å². The van der Waals surface area contributed by atoms with E-state index in [1.807, 2.05) is 25.1 Å². The van der Waals surface area contributed by atoms with Gasteiger partial charge in [0.05, 0.1) is 11.1 Å². The molecule has 0 aliphatic carbocycles. The molecule has 1 rings (SSSR count). The predicted octanol–water partition coefficient (Wildman–Crippen LogP) is 2.80. The largest absolute Gasteiger partial charge is 0.492 e. The number of rotatable bonds is 6. The first kappa shape index (κ1) is 14.5. The van der Waals surface area contributed by atoms with E-state index in [0.29, 0.717) is 0 Å². The van der Waals surface area contributed by atoms with Crippen LogP contribution in [-0.4, -0.2) is 32.1 Å². The third-order valence-electron chi connectivity index (χ3n) is 2.49. The Hall–Kier alpha value is -0.580. The summed E-state index contributed by atoms with van der Waals surface area (Å²) in [7, 11) is 4.13. The molecule has 1 atom stereocenters. The second-order valence-corrected chi connectivity index (χ2v) is 5.34. The lowest BCUT2D eigenvalue weighted by molar-refractivity contribution is 0.280. The highest BCUT2D eigenvalue weighted by molar-refractivity contribution is 9.10. The zero-order valence-electron chi connectivity index (χ0n) is 10.7. The highest BCUT2D eigenvalue weighted by atomic mass is 79.9. The van der Waals surface area contributed by atoms with Crippen LogP contribution in [0.2, 0.25) is 0 Å². The van der Waals surface area contributed by atoms with Crippen LogP contribution < -0.4 is 10.5 Å². The van der Waals surface area contributed by atoms with E-state index in [4.69, 9.17) is 10.5 Å². The lowest BCUT2D eigenvalue weighted by Crippen LogP contribution is -2.15. The van der Waals surface area contributed by atoms with Gasteiger partial charge in [-0.1, -0.05) is 6.07 Å². The topological polar surface area (TPSA) is 38.5 Å². The van der Waals surface area contributed by atoms with Gasteiger partial charge >= 0.3 is 0 Å². The van der Waals surface area contributed by atoms with Crippen LogP contribution in [0, 0.1) is 0 Å². The molecule has 17 heavy (non-hydrogen) atoms. The number of nitrogens with two attached hydrogens (primary N) is 1. The molecule has 0 heterocycles. The summed E-state index contributed by atoms with van der Waals surface area (Å²) in [6.45, 7) is 3.74. The van der Waals surface area contributed by atoms with Crippen LogP contribution in [0.5, 0.6) is 5.75 Å². The molecule has 3 nitrogen and oxygen atoms in total. The lowest BCUT2D eigenvalue weighted by atomic mass is 10.1. The fourth-order valence-corrected chi connectivity index (χ4v) is 1.99. The van der Waals surface area contributed by atoms with Crippen molar-refractivity contribution in [3.8, 4) is 5.75 Å². The monoisotopic (exact) mass is 300 g/mol. The summed E-state index contributed by atoms with van der Waals surface area (Å²) in [6.07, 6.45) is 1.02. The quantitative estimate of drug-likeness (QED) is 0.821. The zero-order chi connectivity index (χ0) is 12.8. The van der Waals surface area contributed by atoms with Crippen molar-refractivity contribution >= 4 is 15.9 Å².